The molecule has 0 spiro atoms. The first-order valence-electron chi connectivity index (χ1n) is 5.05. The number of hydrogen-bond donors (Lipinski definition) is 2. The molecule has 0 aromatic heterocycles. The number of nitrogens with two attached hydrogens (primary N) is 1. The number of anilines is 2. The van der Waals surface area contributed by atoms with E-state index >= 15 is 0 Å². The van der Waals surface area contributed by atoms with Crippen LogP contribution in [0.4, 0.5) is 11.4 Å². The molecule has 0 aliphatic carbocycles. The van der Waals surface area contributed by atoms with Gasteiger partial charge in [-0.2, -0.15) is 0 Å². The second-order valence-electron chi connectivity index (χ2n) is 3.65. The molecule has 2 rings (SSSR count). The van der Waals surface area contributed by atoms with Crippen LogP contribution in [0.2, 0.25) is 0 Å². The first-order chi connectivity index (χ1) is 7.20. The zero-order chi connectivity index (χ0) is 10.8. The van der Waals surface area contributed by atoms with E-state index in [4.69, 9.17) is 10.5 Å². The van der Waals surface area contributed by atoms with Crippen molar-refractivity contribution in [2.24, 2.45) is 0 Å². The van der Waals surface area contributed by atoms with Crippen LogP contribution in [0.25, 0.3) is 0 Å². The van der Waals surface area contributed by atoms with Crippen molar-refractivity contribution in [2.45, 2.75) is 19.8 Å². The second-order valence-corrected chi connectivity index (χ2v) is 3.65. The topological polar surface area (TPSA) is 64.3 Å². The van der Waals surface area contributed by atoms with Crippen molar-refractivity contribution in [1.82, 2.24) is 0 Å². The van der Waals surface area contributed by atoms with E-state index in [2.05, 4.69) is 12.2 Å². The predicted molar refractivity (Wildman–Crippen MR) is 59.0 cm³/mol. The number of fused-ring (bicyclic) bond motifs is 1. The van der Waals surface area contributed by atoms with Gasteiger partial charge in [0.15, 0.2) is 12.4 Å². The number of rotatable bonds is 2. The Morgan fingerprint density at radius 1 is 1.53 bits per heavy atom. The number of nitrogens with one attached hydrogen (secondary N) is 1. The summed E-state index contributed by atoms with van der Waals surface area (Å²) in [6.45, 7) is 2.15. The van der Waals surface area contributed by atoms with Gasteiger partial charge in [0.1, 0.15) is 0 Å². The van der Waals surface area contributed by atoms with Crippen LogP contribution in [0.5, 0.6) is 5.75 Å². The molecule has 0 fully saturated rings. The normalized spacial score (nSPS) is 14.1. The van der Waals surface area contributed by atoms with Crippen LogP contribution in [-0.4, -0.2) is 12.5 Å². The number of aryl methyl sites for hydroxylation is 1. The molecule has 1 aromatic rings. The van der Waals surface area contributed by atoms with Gasteiger partial charge in [-0.15, -0.1) is 0 Å². The van der Waals surface area contributed by atoms with Crippen LogP contribution < -0.4 is 15.8 Å². The Morgan fingerprint density at radius 2 is 2.33 bits per heavy atom. The third-order valence-corrected chi connectivity index (χ3v) is 2.34. The lowest BCUT2D eigenvalue weighted by Gasteiger charge is -2.20. The Kier molecular flexibility index (Phi) is 2.49. The zero-order valence-electron chi connectivity index (χ0n) is 8.67. The lowest BCUT2D eigenvalue weighted by Crippen LogP contribution is -2.26. The van der Waals surface area contributed by atoms with Gasteiger partial charge in [-0.3, -0.25) is 4.79 Å². The molecular formula is C11H14N2O2. The van der Waals surface area contributed by atoms with Gasteiger partial charge in [0.25, 0.3) is 5.91 Å². The molecule has 1 aromatic carbocycles. The smallest absolute Gasteiger partial charge is 0.262 e. The highest BCUT2D eigenvalue weighted by Gasteiger charge is 2.18. The molecule has 15 heavy (non-hydrogen) atoms. The predicted octanol–water partition coefficient (Wildman–Crippen LogP) is 1.55. The lowest BCUT2D eigenvalue weighted by atomic mass is 10.1. The molecule has 0 saturated heterocycles. The van der Waals surface area contributed by atoms with E-state index in [-0.39, 0.29) is 12.5 Å². The second kappa shape index (κ2) is 3.81. The third-order valence-electron chi connectivity index (χ3n) is 2.34. The van der Waals surface area contributed by atoms with Gasteiger partial charge in [-0.05, 0) is 24.1 Å². The summed E-state index contributed by atoms with van der Waals surface area (Å²) in [5.41, 5.74) is 8.25. The zero-order valence-corrected chi connectivity index (χ0v) is 8.67. The standard InChI is InChI=1S/C11H14N2O2/c1-2-3-7-4-8(12)11-9(5-7)13-10(14)6-15-11/h4-5H,2-3,6,12H2,1H3,(H,13,14). The van der Waals surface area contributed by atoms with E-state index in [1.807, 2.05) is 12.1 Å². The Labute approximate surface area is 88.4 Å². The molecule has 1 amide bonds. The van der Waals surface area contributed by atoms with E-state index < -0.39 is 0 Å². The maximum absolute atomic E-state index is 11.1. The fraction of sp³-hybridized carbons (Fsp3) is 0.364. The number of amides is 1. The average Bonchev–Trinajstić information content (AvgIpc) is 2.17. The SMILES string of the molecule is CCCc1cc(N)c2c(c1)NC(=O)CO2. The van der Waals surface area contributed by atoms with Crippen LogP contribution in [0.3, 0.4) is 0 Å². The van der Waals surface area contributed by atoms with Crippen LogP contribution in [0, 0.1) is 0 Å². The van der Waals surface area contributed by atoms with Gasteiger partial charge >= 0.3 is 0 Å². The number of ether oxygens (including phenoxy) is 1. The number of carbonyl (C=O) groups excluding carboxylic acids is 1. The molecule has 0 bridgehead atoms. The van der Waals surface area contributed by atoms with Crippen LogP contribution >= 0.6 is 0 Å². The van der Waals surface area contributed by atoms with E-state index in [1.54, 1.807) is 0 Å². The van der Waals surface area contributed by atoms with Crippen molar-refractivity contribution in [3.05, 3.63) is 17.7 Å². The maximum Gasteiger partial charge on any atom is 0.262 e. The number of carbonyl (C=O) groups is 1. The van der Waals surface area contributed by atoms with E-state index in [1.165, 1.54) is 0 Å². The lowest BCUT2D eigenvalue weighted by molar-refractivity contribution is -0.118. The molecule has 4 heteroatoms. The Balaban J connectivity index is 2.39. The Morgan fingerprint density at radius 3 is 3.07 bits per heavy atom. The molecule has 1 aliphatic heterocycles. The van der Waals surface area contributed by atoms with Crippen molar-refractivity contribution >= 4 is 17.3 Å². The first-order valence-corrected chi connectivity index (χ1v) is 5.05. The molecule has 80 valence electrons. The van der Waals surface area contributed by atoms with Crippen molar-refractivity contribution in [1.29, 1.82) is 0 Å². The summed E-state index contributed by atoms with van der Waals surface area (Å²) in [5, 5.41) is 2.76. The summed E-state index contributed by atoms with van der Waals surface area (Å²) in [4.78, 5) is 11.1. The first kappa shape index (κ1) is 9.83. The maximum atomic E-state index is 11.1. The summed E-state index contributed by atoms with van der Waals surface area (Å²) in [5.74, 6) is 0.463. The summed E-state index contributed by atoms with van der Waals surface area (Å²) < 4.78 is 5.26. The van der Waals surface area contributed by atoms with Gasteiger partial charge in [0, 0.05) is 0 Å². The van der Waals surface area contributed by atoms with Crippen LogP contribution in [-0.2, 0) is 11.2 Å². The van der Waals surface area contributed by atoms with Crippen molar-refractivity contribution in [3.63, 3.8) is 0 Å². The highest BCUT2D eigenvalue weighted by Crippen LogP contribution is 2.35. The van der Waals surface area contributed by atoms with Gasteiger partial charge < -0.3 is 15.8 Å². The molecule has 0 atom stereocenters. The molecule has 1 aliphatic rings. The van der Waals surface area contributed by atoms with E-state index in [9.17, 15) is 4.79 Å². The number of nitrogen functional groups attached to an aromatic ring is 1. The van der Waals surface area contributed by atoms with Crippen molar-refractivity contribution < 1.29 is 9.53 Å². The Hall–Kier alpha value is -1.71. The van der Waals surface area contributed by atoms with Crippen LogP contribution in [0.1, 0.15) is 18.9 Å². The summed E-state index contributed by atoms with van der Waals surface area (Å²) in [6, 6.07) is 3.83. The van der Waals surface area contributed by atoms with E-state index in [0.717, 1.165) is 18.4 Å². The number of hydrogen-bond acceptors (Lipinski definition) is 3. The van der Waals surface area contributed by atoms with E-state index in [0.29, 0.717) is 17.1 Å². The minimum atomic E-state index is -0.129. The highest BCUT2D eigenvalue weighted by molar-refractivity contribution is 5.97. The molecule has 1 heterocycles. The summed E-state index contributed by atoms with van der Waals surface area (Å²) in [6.07, 6.45) is 2.00. The minimum absolute atomic E-state index is 0.0460. The average molecular weight is 206 g/mol. The van der Waals surface area contributed by atoms with Crippen molar-refractivity contribution in [2.75, 3.05) is 17.7 Å². The third kappa shape index (κ3) is 1.88. The largest absolute Gasteiger partial charge is 0.479 e. The minimum Gasteiger partial charge on any atom is -0.479 e. The molecule has 4 nitrogen and oxygen atoms in total. The monoisotopic (exact) mass is 206 g/mol. The molecule has 0 unspecified atom stereocenters. The molecular weight excluding hydrogens is 192 g/mol. The van der Waals surface area contributed by atoms with Gasteiger partial charge in [-0.1, -0.05) is 13.3 Å². The fourth-order valence-electron chi connectivity index (χ4n) is 1.72. The van der Waals surface area contributed by atoms with Gasteiger partial charge in [0.05, 0.1) is 11.4 Å². The number of benzene rings is 1. The highest BCUT2D eigenvalue weighted by atomic mass is 16.5. The fourth-order valence-corrected chi connectivity index (χ4v) is 1.72. The van der Waals surface area contributed by atoms with Gasteiger partial charge in [0.2, 0.25) is 0 Å². The quantitative estimate of drug-likeness (QED) is 0.721. The van der Waals surface area contributed by atoms with Gasteiger partial charge in [-0.25, -0.2) is 0 Å². The molecule has 3 N–H and O–H groups in total. The summed E-state index contributed by atoms with van der Waals surface area (Å²) >= 11 is 0. The summed E-state index contributed by atoms with van der Waals surface area (Å²) in [7, 11) is 0. The molecule has 0 saturated carbocycles. The Bertz CT molecular complexity index is 402. The van der Waals surface area contributed by atoms with Crippen molar-refractivity contribution in [3.8, 4) is 5.75 Å². The molecule has 0 radical (unpaired) electrons. The van der Waals surface area contributed by atoms with Crippen LogP contribution in [0.15, 0.2) is 12.1 Å².